The van der Waals surface area contributed by atoms with Crippen molar-refractivity contribution in [1.82, 2.24) is 4.98 Å². The minimum Gasteiger partial charge on any atom is -0.427 e. The molecule has 0 spiro atoms. The van der Waals surface area contributed by atoms with Crippen LogP contribution in [0.25, 0.3) is 10.9 Å². The van der Waals surface area contributed by atoms with Crippen LogP contribution in [-0.4, -0.2) is 17.6 Å². The van der Waals surface area contributed by atoms with E-state index in [1.54, 1.807) is 19.1 Å². The Hall–Kier alpha value is -1.23. The van der Waals surface area contributed by atoms with Crippen LogP contribution in [0.4, 0.5) is 0 Å². The number of esters is 1. The Balaban J connectivity index is 2.25. The number of benzene rings is 1. The summed E-state index contributed by atoms with van der Waals surface area (Å²) in [6.45, 7) is 3.54. The van der Waals surface area contributed by atoms with Gasteiger partial charge >= 0.3 is 5.97 Å². The van der Waals surface area contributed by atoms with Gasteiger partial charge in [0.25, 0.3) is 5.79 Å². The number of nitrogens with one attached hydrogen (secondary N) is 1. The van der Waals surface area contributed by atoms with Crippen molar-refractivity contribution in [3.05, 3.63) is 33.4 Å². The van der Waals surface area contributed by atoms with E-state index in [4.69, 9.17) is 32.7 Å². The molecule has 0 radical (unpaired) electrons. The van der Waals surface area contributed by atoms with Gasteiger partial charge in [-0.25, -0.2) is 0 Å². The maximum Gasteiger partial charge on any atom is 0.305 e. The summed E-state index contributed by atoms with van der Waals surface area (Å²) >= 11 is 12.3. The molecule has 2 aromatic rings. The molecule has 6 heteroatoms. The zero-order valence-corrected chi connectivity index (χ0v) is 12.6. The molecule has 1 atom stereocenters. The molecule has 1 aliphatic rings. The summed E-state index contributed by atoms with van der Waals surface area (Å²) in [7, 11) is 0. The second-order valence-electron chi connectivity index (χ2n) is 4.93. The predicted molar refractivity (Wildman–Crippen MR) is 77.1 cm³/mol. The van der Waals surface area contributed by atoms with E-state index in [1.165, 1.54) is 6.92 Å². The number of aromatic nitrogens is 1. The van der Waals surface area contributed by atoms with Crippen LogP contribution >= 0.6 is 23.2 Å². The first-order valence-electron chi connectivity index (χ1n) is 6.24. The van der Waals surface area contributed by atoms with Gasteiger partial charge in [0.15, 0.2) is 0 Å². The van der Waals surface area contributed by atoms with Gasteiger partial charge < -0.3 is 14.5 Å². The molecule has 106 valence electrons. The van der Waals surface area contributed by atoms with Crippen LogP contribution in [0.1, 0.15) is 25.1 Å². The van der Waals surface area contributed by atoms with Gasteiger partial charge in [0.2, 0.25) is 0 Å². The Morgan fingerprint density at radius 3 is 2.90 bits per heavy atom. The Morgan fingerprint density at radius 1 is 1.45 bits per heavy atom. The molecule has 1 unspecified atom stereocenters. The van der Waals surface area contributed by atoms with Crippen molar-refractivity contribution >= 4 is 40.1 Å². The molecule has 0 amide bonds. The third-order valence-corrected chi connectivity index (χ3v) is 3.96. The van der Waals surface area contributed by atoms with Crippen LogP contribution in [0, 0.1) is 0 Å². The minimum atomic E-state index is -1.12. The molecular weight excluding hydrogens is 301 g/mol. The van der Waals surface area contributed by atoms with Crippen molar-refractivity contribution in [3.8, 4) is 0 Å². The maximum absolute atomic E-state index is 11.3. The average Bonchev–Trinajstić information content (AvgIpc) is 2.67. The SMILES string of the molecule is CC(=O)OC1(C)OCCc2c1[nH]c1cc(Cl)cc(Cl)c21. The van der Waals surface area contributed by atoms with E-state index >= 15 is 0 Å². The number of carbonyl (C=O) groups is 1. The first kappa shape index (κ1) is 13.7. The number of halogens is 2. The number of hydrogen-bond acceptors (Lipinski definition) is 3. The lowest BCUT2D eigenvalue weighted by Gasteiger charge is -2.32. The lowest BCUT2D eigenvalue weighted by atomic mass is 10.0. The van der Waals surface area contributed by atoms with Crippen LogP contribution in [0.15, 0.2) is 12.1 Å². The molecule has 0 bridgehead atoms. The molecule has 1 aromatic carbocycles. The van der Waals surface area contributed by atoms with Crippen molar-refractivity contribution in [2.75, 3.05) is 6.61 Å². The van der Waals surface area contributed by atoms with Crippen molar-refractivity contribution in [3.63, 3.8) is 0 Å². The van der Waals surface area contributed by atoms with E-state index in [1.807, 2.05) is 0 Å². The van der Waals surface area contributed by atoms with E-state index in [0.717, 1.165) is 22.2 Å². The number of fused-ring (bicyclic) bond motifs is 3. The van der Waals surface area contributed by atoms with Crippen LogP contribution in [0.2, 0.25) is 10.0 Å². The molecule has 0 aliphatic carbocycles. The molecule has 3 rings (SSSR count). The molecular formula is C14H13Cl2NO3. The molecule has 2 heterocycles. The van der Waals surface area contributed by atoms with Gasteiger partial charge in [0.1, 0.15) is 0 Å². The third kappa shape index (κ3) is 2.08. The number of carbonyl (C=O) groups excluding carboxylic acids is 1. The van der Waals surface area contributed by atoms with E-state index < -0.39 is 11.8 Å². The number of ether oxygens (including phenoxy) is 2. The van der Waals surface area contributed by atoms with Crippen molar-refractivity contribution in [2.24, 2.45) is 0 Å². The van der Waals surface area contributed by atoms with Crippen LogP contribution in [-0.2, 0) is 26.5 Å². The fraction of sp³-hybridized carbons (Fsp3) is 0.357. The fourth-order valence-corrected chi connectivity index (χ4v) is 3.33. The summed E-state index contributed by atoms with van der Waals surface area (Å²) in [5.74, 6) is -1.52. The van der Waals surface area contributed by atoms with Crippen molar-refractivity contribution < 1.29 is 14.3 Å². The summed E-state index contributed by atoms with van der Waals surface area (Å²) in [6.07, 6.45) is 0.702. The molecule has 1 aromatic heterocycles. The molecule has 0 fully saturated rings. The summed E-state index contributed by atoms with van der Waals surface area (Å²) in [5, 5.41) is 2.04. The Bertz CT molecular complexity index is 710. The molecule has 1 aliphatic heterocycles. The van der Waals surface area contributed by atoms with Crippen LogP contribution < -0.4 is 0 Å². The van der Waals surface area contributed by atoms with Gasteiger partial charge in [-0.2, -0.15) is 0 Å². The maximum atomic E-state index is 11.3. The summed E-state index contributed by atoms with van der Waals surface area (Å²) in [4.78, 5) is 14.5. The fourth-order valence-electron chi connectivity index (χ4n) is 2.73. The predicted octanol–water partition coefficient (Wildman–Crippen LogP) is 3.78. The summed E-state index contributed by atoms with van der Waals surface area (Å²) in [6, 6.07) is 3.51. The van der Waals surface area contributed by atoms with Crippen LogP contribution in [0.3, 0.4) is 0 Å². The zero-order chi connectivity index (χ0) is 14.5. The summed E-state index contributed by atoms with van der Waals surface area (Å²) < 4.78 is 11.0. The highest BCUT2D eigenvalue weighted by atomic mass is 35.5. The normalized spacial score (nSPS) is 21.8. The molecule has 4 nitrogen and oxygen atoms in total. The molecule has 1 N–H and O–H groups in total. The Morgan fingerprint density at radius 2 is 2.20 bits per heavy atom. The lowest BCUT2D eigenvalue weighted by Crippen LogP contribution is -2.36. The Labute approximate surface area is 126 Å². The number of rotatable bonds is 1. The first-order chi connectivity index (χ1) is 9.40. The topological polar surface area (TPSA) is 51.3 Å². The second-order valence-corrected chi connectivity index (χ2v) is 5.77. The van der Waals surface area contributed by atoms with E-state index in [-0.39, 0.29) is 0 Å². The van der Waals surface area contributed by atoms with Gasteiger partial charge in [-0.1, -0.05) is 23.2 Å². The highest BCUT2D eigenvalue weighted by molar-refractivity contribution is 6.38. The van der Waals surface area contributed by atoms with Crippen molar-refractivity contribution in [2.45, 2.75) is 26.1 Å². The molecule has 20 heavy (non-hydrogen) atoms. The van der Waals surface area contributed by atoms with Gasteiger partial charge in [0, 0.05) is 29.8 Å². The zero-order valence-electron chi connectivity index (χ0n) is 11.0. The molecule has 0 saturated carbocycles. The van der Waals surface area contributed by atoms with Gasteiger partial charge in [-0.05, 0) is 24.1 Å². The van der Waals surface area contributed by atoms with Gasteiger partial charge in [0.05, 0.1) is 17.3 Å². The minimum absolute atomic E-state index is 0.400. The second kappa shape index (κ2) is 4.65. The van der Waals surface area contributed by atoms with E-state index in [2.05, 4.69) is 4.98 Å². The number of hydrogen-bond donors (Lipinski definition) is 1. The largest absolute Gasteiger partial charge is 0.427 e. The quantitative estimate of drug-likeness (QED) is 0.815. The van der Waals surface area contributed by atoms with Crippen LogP contribution in [0.5, 0.6) is 0 Å². The van der Waals surface area contributed by atoms with Crippen molar-refractivity contribution in [1.29, 1.82) is 0 Å². The number of H-pyrrole nitrogens is 1. The third-order valence-electron chi connectivity index (χ3n) is 3.44. The first-order valence-corrected chi connectivity index (χ1v) is 7.00. The van der Waals surface area contributed by atoms with Gasteiger partial charge in [-0.15, -0.1) is 0 Å². The molecule has 0 saturated heterocycles. The van der Waals surface area contributed by atoms with E-state index in [0.29, 0.717) is 23.1 Å². The number of aromatic amines is 1. The average molecular weight is 314 g/mol. The smallest absolute Gasteiger partial charge is 0.305 e. The Kier molecular flexibility index (Phi) is 3.20. The van der Waals surface area contributed by atoms with E-state index in [9.17, 15) is 4.79 Å². The summed E-state index contributed by atoms with van der Waals surface area (Å²) in [5.41, 5.74) is 2.55. The standard InChI is InChI=1S/C14H13Cl2NO3/c1-7(18)20-14(2)13-9(3-4-19-14)12-10(16)5-8(15)6-11(12)17-13/h5-6,17H,3-4H2,1-2H3. The highest BCUT2D eigenvalue weighted by Crippen LogP contribution is 2.41. The highest BCUT2D eigenvalue weighted by Gasteiger charge is 2.39. The monoisotopic (exact) mass is 313 g/mol. The van der Waals surface area contributed by atoms with Gasteiger partial charge in [-0.3, -0.25) is 4.79 Å². The lowest BCUT2D eigenvalue weighted by molar-refractivity contribution is -0.234.